The number of nitrogens with zero attached hydrogens (tertiary/aromatic N) is 1. The van der Waals surface area contributed by atoms with E-state index in [1.54, 1.807) is 19.1 Å². The van der Waals surface area contributed by atoms with Crippen LogP contribution in [0.3, 0.4) is 0 Å². The molecule has 1 atom stereocenters. The number of rotatable bonds is 4. The molecule has 0 radical (unpaired) electrons. The first-order valence-electron chi connectivity index (χ1n) is 5.37. The molecule has 0 aliphatic rings. The Bertz CT molecular complexity index is 670. The normalized spacial score (nSPS) is 13.4. The highest BCUT2D eigenvalue weighted by Gasteiger charge is 2.23. The number of hydrogen-bond donors (Lipinski definition) is 2. The van der Waals surface area contributed by atoms with E-state index >= 15 is 0 Å². The van der Waals surface area contributed by atoms with Gasteiger partial charge in [-0.25, -0.2) is 18.1 Å². The van der Waals surface area contributed by atoms with E-state index in [1.807, 2.05) is 0 Å². The zero-order valence-corrected chi connectivity index (χ0v) is 12.4. The van der Waals surface area contributed by atoms with Crippen LogP contribution in [0.1, 0.15) is 18.7 Å². The molecular weight excluding hydrogens is 334 g/mol. The SMILES string of the molecule is CC(NS(=O)(=O)c1cc(Br)cnc1N)c1ccco1. The Morgan fingerprint density at radius 1 is 1.53 bits per heavy atom. The summed E-state index contributed by atoms with van der Waals surface area (Å²) in [6.45, 7) is 1.68. The lowest BCUT2D eigenvalue weighted by molar-refractivity contribution is 0.459. The Balaban J connectivity index is 2.30. The molecule has 1 unspecified atom stereocenters. The summed E-state index contributed by atoms with van der Waals surface area (Å²) in [7, 11) is -3.77. The average molecular weight is 346 g/mol. The molecule has 0 saturated carbocycles. The van der Waals surface area contributed by atoms with E-state index in [2.05, 4.69) is 25.6 Å². The van der Waals surface area contributed by atoms with Gasteiger partial charge in [-0.2, -0.15) is 0 Å². The van der Waals surface area contributed by atoms with E-state index in [1.165, 1.54) is 18.5 Å². The van der Waals surface area contributed by atoms with Crippen molar-refractivity contribution in [2.24, 2.45) is 0 Å². The van der Waals surface area contributed by atoms with Gasteiger partial charge in [-0.15, -0.1) is 0 Å². The summed E-state index contributed by atoms with van der Waals surface area (Å²) in [6, 6.07) is 4.28. The van der Waals surface area contributed by atoms with Crippen molar-refractivity contribution in [1.82, 2.24) is 9.71 Å². The lowest BCUT2D eigenvalue weighted by atomic mass is 10.3. The predicted octanol–water partition coefficient (Wildman–Crippen LogP) is 2.06. The summed E-state index contributed by atoms with van der Waals surface area (Å²) in [5.74, 6) is 0.465. The second kappa shape index (κ2) is 5.32. The van der Waals surface area contributed by atoms with Gasteiger partial charge in [0.2, 0.25) is 10.0 Å². The summed E-state index contributed by atoms with van der Waals surface area (Å²) in [6.07, 6.45) is 2.92. The Labute approximate surface area is 119 Å². The number of anilines is 1. The fourth-order valence-corrected chi connectivity index (χ4v) is 3.34. The highest BCUT2D eigenvalue weighted by molar-refractivity contribution is 9.10. The van der Waals surface area contributed by atoms with Crippen molar-refractivity contribution in [2.45, 2.75) is 17.9 Å². The van der Waals surface area contributed by atoms with E-state index in [0.717, 1.165) is 0 Å². The van der Waals surface area contributed by atoms with Crippen LogP contribution in [-0.2, 0) is 10.0 Å². The van der Waals surface area contributed by atoms with Crippen LogP contribution in [-0.4, -0.2) is 13.4 Å². The summed E-state index contributed by atoms with van der Waals surface area (Å²) in [5.41, 5.74) is 5.60. The molecule has 0 amide bonds. The van der Waals surface area contributed by atoms with Gasteiger partial charge >= 0.3 is 0 Å². The fraction of sp³-hybridized carbons (Fsp3) is 0.182. The molecule has 102 valence electrons. The Morgan fingerprint density at radius 3 is 2.89 bits per heavy atom. The molecule has 0 aliphatic carbocycles. The van der Waals surface area contributed by atoms with Gasteiger partial charge in [0, 0.05) is 10.7 Å². The van der Waals surface area contributed by atoms with Gasteiger partial charge in [-0.3, -0.25) is 0 Å². The second-order valence-corrected chi connectivity index (χ2v) is 6.49. The molecule has 3 N–H and O–H groups in total. The van der Waals surface area contributed by atoms with E-state index in [-0.39, 0.29) is 10.7 Å². The quantitative estimate of drug-likeness (QED) is 0.883. The number of aromatic nitrogens is 1. The van der Waals surface area contributed by atoms with Crippen molar-refractivity contribution in [3.63, 3.8) is 0 Å². The summed E-state index contributed by atoms with van der Waals surface area (Å²) < 4.78 is 32.6. The number of nitrogens with two attached hydrogens (primary N) is 1. The van der Waals surface area contributed by atoms with Crippen LogP contribution in [0.4, 0.5) is 5.82 Å². The minimum absolute atomic E-state index is 0.0534. The third-order valence-electron chi connectivity index (χ3n) is 2.44. The molecule has 2 rings (SSSR count). The van der Waals surface area contributed by atoms with Crippen LogP contribution in [0.5, 0.6) is 0 Å². The molecule has 2 heterocycles. The van der Waals surface area contributed by atoms with E-state index in [9.17, 15) is 8.42 Å². The van der Waals surface area contributed by atoms with Crippen LogP contribution in [0.2, 0.25) is 0 Å². The van der Waals surface area contributed by atoms with E-state index < -0.39 is 16.1 Å². The van der Waals surface area contributed by atoms with Crippen LogP contribution in [0.25, 0.3) is 0 Å². The molecule has 2 aromatic rings. The number of nitrogens with one attached hydrogen (secondary N) is 1. The molecule has 0 bridgehead atoms. The number of halogens is 1. The minimum Gasteiger partial charge on any atom is -0.468 e. The topological polar surface area (TPSA) is 98.2 Å². The molecule has 0 aromatic carbocycles. The van der Waals surface area contributed by atoms with Crippen LogP contribution in [0, 0.1) is 0 Å². The third kappa shape index (κ3) is 3.14. The van der Waals surface area contributed by atoms with Gasteiger partial charge in [0.05, 0.1) is 12.3 Å². The van der Waals surface area contributed by atoms with Crippen molar-refractivity contribution >= 4 is 31.8 Å². The lowest BCUT2D eigenvalue weighted by Crippen LogP contribution is -2.27. The lowest BCUT2D eigenvalue weighted by Gasteiger charge is -2.13. The summed E-state index contributed by atoms with van der Waals surface area (Å²) >= 11 is 3.16. The largest absolute Gasteiger partial charge is 0.468 e. The Morgan fingerprint density at radius 2 is 2.26 bits per heavy atom. The molecule has 0 aliphatic heterocycles. The molecule has 8 heteroatoms. The monoisotopic (exact) mass is 345 g/mol. The molecule has 0 fully saturated rings. The fourth-order valence-electron chi connectivity index (χ4n) is 1.54. The molecule has 0 spiro atoms. The highest BCUT2D eigenvalue weighted by Crippen LogP contribution is 2.23. The molecule has 6 nitrogen and oxygen atoms in total. The van der Waals surface area contributed by atoms with Gasteiger partial charge in [0.15, 0.2) is 0 Å². The number of furan rings is 1. The van der Waals surface area contributed by atoms with Crippen molar-refractivity contribution in [2.75, 3.05) is 5.73 Å². The highest BCUT2D eigenvalue weighted by atomic mass is 79.9. The van der Waals surface area contributed by atoms with Crippen molar-refractivity contribution < 1.29 is 12.8 Å². The number of pyridine rings is 1. The number of hydrogen-bond acceptors (Lipinski definition) is 5. The Kier molecular flexibility index (Phi) is 3.93. The maximum Gasteiger partial charge on any atom is 0.244 e. The first-order chi connectivity index (χ1) is 8.90. The van der Waals surface area contributed by atoms with Crippen molar-refractivity contribution in [1.29, 1.82) is 0 Å². The predicted molar refractivity (Wildman–Crippen MR) is 73.8 cm³/mol. The van der Waals surface area contributed by atoms with Crippen LogP contribution >= 0.6 is 15.9 Å². The molecule has 19 heavy (non-hydrogen) atoms. The molecule has 2 aromatic heterocycles. The smallest absolute Gasteiger partial charge is 0.244 e. The average Bonchev–Trinajstić information content (AvgIpc) is 2.85. The van der Waals surface area contributed by atoms with E-state index in [0.29, 0.717) is 10.2 Å². The first-order valence-corrected chi connectivity index (χ1v) is 7.64. The van der Waals surface area contributed by atoms with Crippen LogP contribution < -0.4 is 10.5 Å². The van der Waals surface area contributed by atoms with Gasteiger partial charge in [0.25, 0.3) is 0 Å². The van der Waals surface area contributed by atoms with Crippen LogP contribution in [0.15, 0.2) is 44.4 Å². The van der Waals surface area contributed by atoms with Gasteiger partial charge < -0.3 is 10.2 Å². The molecule has 0 saturated heterocycles. The first kappa shape index (κ1) is 14.0. The van der Waals surface area contributed by atoms with Gasteiger partial charge in [0.1, 0.15) is 16.5 Å². The van der Waals surface area contributed by atoms with Crippen molar-refractivity contribution in [3.8, 4) is 0 Å². The maximum absolute atomic E-state index is 12.2. The second-order valence-electron chi connectivity index (χ2n) is 3.90. The zero-order chi connectivity index (χ0) is 14.0. The standard InChI is InChI=1S/C11H12BrN3O3S/c1-7(9-3-2-4-18-9)15-19(16,17)10-5-8(12)6-14-11(10)13/h2-7,15H,1H3,(H2,13,14). The maximum atomic E-state index is 12.2. The minimum atomic E-state index is -3.77. The van der Waals surface area contributed by atoms with Gasteiger partial charge in [-0.1, -0.05) is 0 Å². The van der Waals surface area contributed by atoms with E-state index in [4.69, 9.17) is 10.2 Å². The third-order valence-corrected chi connectivity index (χ3v) is 4.44. The van der Waals surface area contributed by atoms with Gasteiger partial charge in [-0.05, 0) is 41.1 Å². The number of nitrogen functional groups attached to an aromatic ring is 1. The summed E-state index contributed by atoms with van der Waals surface area (Å²) in [4.78, 5) is 3.73. The number of sulfonamides is 1. The zero-order valence-electron chi connectivity index (χ0n) is 10.00. The Hall–Kier alpha value is -1.38. The molecular formula is C11H12BrN3O3S. The summed E-state index contributed by atoms with van der Waals surface area (Å²) in [5, 5.41) is 0. The van der Waals surface area contributed by atoms with Crippen molar-refractivity contribution in [3.05, 3.63) is 40.9 Å².